The monoisotopic (exact) mass is 514 g/mol. The summed E-state index contributed by atoms with van der Waals surface area (Å²) < 4.78 is 1.79. The maximum Gasteiger partial charge on any atom is 0.245 e. The summed E-state index contributed by atoms with van der Waals surface area (Å²) in [5.74, 6) is 0.289. The van der Waals surface area contributed by atoms with Crippen molar-refractivity contribution in [3.8, 4) is 5.69 Å². The van der Waals surface area contributed by atoms with Gasteiger partial charge in [-0.15, -0.1) is 11.3 Å². The lowest BCUT2D eigenvalue weighted by Gasteiger charge is -2.22. The number of hydrogen-bond acceptors (Lipinski definition) is 4. The van der Waals surface area contributed by atoms with Gasteiger partial charge in [0.05, 0.1) is 24.3 Å². The molecule has 2 aromatic carbocycles. The van der Waals surface area contributed by atoms with Gasteiger partial charge in [-0.1, -0.05) is 75.4 Å². The molecule has 2 amide bonds. The Labute approximate surface area is 222 Å². The molecule has 0 saturated carbocycles. The number of benzene rings is 2. The third kappa shape index (κ3) is 6.95. The third-order valence-electron chi connectivity index (χ3n) is 6.19. The van der Waals surface area contributed by atoms with Crippen molar-refractivity contribution in [2.24, 2.45) is 0 Å². The number of para-hydroxylation sites is 1. The molecule has 2 aromatic heterocycles. The van der Waals surface area contributed by atoms with Gasteiger partial charge in [-0.25, -0.2) is 4.68 Å². The Morgan fingerprint density at radius 1 is 1.00 bits per heavy atom. The Bertz CT molecular complexity index is 1340. The molecule has 2 heterocycles. The van der Waals surface area contributed by atoms with E-state index in [0.29, 0.717) is 18.8 Å². The van der Waals surface area contributed by atoms with Crippen LogP contribution < -0.4 is 5.32 Å². The summed E-state index contributed by atoms with van der Waals surface area (Å²) in [4.78, 5) is 29.2. The summed E-state index contributed by atoms with van der Waals surface area (Å²) in [6, 6.07) is 23.8. The molecule has 1 N–H and O–H groups in total. The molecule has 6 nitrogen and oxygen atoms in total. The van der Waals surface area contributed by atoms with E-state index in [1.54, 1.807) is 20.9 Å². The largest absolute Gasteiger partial charge is 0.333 e. The highest BCUT2D eigenvalue weighted by atomic mass is 32.1. The molecule has 0 bridgehead atoms. The quantitative estimate of drug-likeness (QED) is 0.307. The molecule has 0 aliphatic heterocycles. The minimum absolute atomic E-state index is 0.0269. The van der Waals surface area contributed by atoms with Crippen LogP contribution in [0.5, 0.6) is 0 Å². The smallest absolute Gasteiger partial charge is 0.245 e. The summed E-state index contributed by atoms with van der Waals surface area (Å²) in [6.45, 7) is 8.74. The number of aryl methyl sites for hydroxylation is 1. The van der Waals surface area contributed by atoms with Crippen LogP contribution in [0.2, 0.25) is 0 Å². The van der Waals surface area contributed by atoms with Crippen LogP contribution >= 0.6 is 11.3 Å². The number of thiophene rings is 1. The first-order valence-corrected chi connectivity index (χ1v) is 13.4. The van der Waals surface area contributed by atoms with Crippen molar-refractivity contribution in [3.63, 3.8) is 0 Å². The molecule has 7 heteroatoms. The van der Waals surface area contributed by atoms with E-state index in [1.165, 1.54) is 0 Å². The van der Waals surface area contributed by atoms with E-state index >= 15 is 0 Å². The first-order valence-electron chi connectivity index (χ1n) is 12.5. The predicted molar refractivity (Wildman–Crippen MR) is 150 cm³/mol. The molecule has 4 aromatic rings. The van der Waals surface area contributed by atoms with E-state index in [9.17, 15) is 9.59 Å². The molecule has 0 atom stereocenters. The first kappa shape index (κ1) is 26.4. The second kappa shape index (κ2) is 11.6. The van der Waals surface area contributed by atoms with Gasteiger partial charge in [0.1, 0.15) is 5.82 Å². The summed E-state index contributed by atoms with van der Waals surface area (Å²) in [5.41, 5.74) is 3.77. The molecule has 0 unspecified atom stereocenters. The van der Waals surface area contributed by atoms with Crippen molar-refractivity contribution in [1.82, 2.24) is 14.7 Å². The summed E-state index contributed by atoms with van der Waals surface area (Å²) in [7, 11) is 0. The number of anilines is 1. The third-order valence-corrected chi connectivity index (χ3v) is 7.07. The lowest BCUT2D eigenvalue weighted by Crippen LogP contribution is -2.40. The number of hydrogen-bond donors (Lipinski definition) is 1. The standard InChI is InChI=1S/C30H34N4O2S/c1-22-11-8-9-15-25(22)34-27(20-26(32-34)30(2,3)4)31-28(35)21-33(17-16-23-12-6-5-7-13-23)29(36)19-24-14-10-18-37-24/h5-15,18,20H,16-17,19,21H2,1-4H3,(H,31,35). The zero-order chi connectivity index (χ0) is 26.4. The predicted octanol–water partition coefficient (Wildman–Crippen LogP) is 5.79. The molecule has 0 radical (unpaired) electrons. The fourth-order valence-corrected chi connectivity index (χ4v) is 4.75. The van der Waals surface area contributed by atoms with Crippen LogP contribution in [0.3, 0.4) is 0 Å². The highest BCUT2D eigenvalue weighted by Crippen LogP contribution is 2.27. The van der Waals surface area contributed by atoms with Crippen LogP contribution in [0, 0.1) is 6.92 Å². The second-order valence-corrected chi connectivity index (χ2v) is 11.3. The number of aromatic nitrogens is 2. The van der Waals surface area contributed by atoms with Crippen molar-refractivity contribution in [1.29, 1.82) is 0 Å². The molecule has 192 valence electrons. The normalized spacial score (nSPS) is 11.4. The molecule has 37 heavy (non-hydrogen) atoms. The zero-order valence-electron chi connectivity index (χ0n) is 21.9. The Kier molecular flexibility index (Phi) is 8.24. The molecule has 4 rings (SSSR count). The van der Waals surface area contributed by atoms with E-state index in [2.05, 4.69) is 26.1 Å². The van der Waals surface area contributed by atoms with Gasteiger partial charge in [-0.05, 0) is 42.0 Å². The number of carbonyl (C=O) groups excluding carboxylic acids is 2. The average molecular weight is 515 g/mol. The highest BCUT2D eigenvalue weighted by Gasteiger charge is 2.23. The van der Waals surface area contributed by atoms with E-state index in [4.69, 9.17) is 5.10 Å². The molecular weight excluding hydrogens is 480 g/mol. The van der Waals surface area contributed by atoms with Crippen LogP contribution in [0.15, 0.2) is 78.2 Å². The van der Waals surface area contributed by atoms with Gasteiger partial charge in [0.2, 0.25) is 11.8 Å². The lowest BCUT2D eigenvalue weighted by molar-refractivity contribution is -0.134. The molecule has 0 saturated heterocycles. The van der Waals surface area contributed by atoms with Gasteiger partial charge in [0.25, 0.3) is 0 Å². The van der Waals surface area contributed by atoms with Crippen LogP contribution in [-0.2, 0) is 27.8 Å². The van der Waals surface area contributed by atoms with Crippen molar-refractivity contribution in [2.45, 2.75) is 46.0 Å². The van der Waals surface area contributed by atoms with Crippen LogP contribution in [0.4, 0.5) is 5.82 Å². The number of nitrogens with zero attached hydrogens (tertiary/aromatic N) is 3. The fraction of sp³-hybridized carbons (Fsp3) is 0.300. The van der Waals surface area contributed by atoms with Crippen LogP contribution in [0.25, 0.3) is 5.69 Å². The number of nitrogens with one attached hydrogen (secondary N) is 1. The Morgan fingerprint density at radius 3 is 2.41 bits per heavy atom. The van der Waals surface area contributed by atoms with Gasteiger partial charge < -0.3 is 10.2 Å². The Hall–Kier alpha value is -3.71. The van der Waals surface area contributed by atoms with E-state index in [-0.39, 0.29) is 30.2 Å². The van der Waals surface area contributed by atoms with E-state index in [0.717, 1.165) is 27.4 Å². The lowest BCUT2D eigenvalue weighted by atomic mass is 9.92. The highest BCUT2D eigenvalue weighted by molar-refractivity contribution is 7.10. The summed E-state index contributed by atoms with van der Waals surface area (Å²) >= 11 is 1.55. The molecule has 0 fully saturated rings. The summed E-state index contributed by atoms with van der Waals surface area (Å²) in [5, 5.41) is 9.83. The van der Waals surface area contributed by atoms with Gasteiger partial charge in [0.15, 0.2) is 0 Å². The van der Waals surface area contributed by atoms with E-state index in [1.807, 2.05) is 85.1 Å². The van der Waals surface area contributed by atoms with E-state index < -0.39 is 0 Å². The van der Waals surface area contributed by atoms with Gasteiger partial charge >= 0.3 is 0 Å². The molecule has 0 spiro atoms. The van der Waals surface area contributed by atoms with Crippen LogP contribution in [-0.4, -0.2) is 39.6 Å². The zero-order valence-corrected chi connectivity index (χ0v) is 22.7. The van der Waals surface area contributed by atoms with Crippen LogP contribution in [0.1, 0.15) is 42.5 Å². The van der Waals surface area contributed by atoms with Crippen molar-refractivity contribution in [2.75, 3.05) is 18.4 Å². The van der Waals surface area contributed by atoms with Gasteiger partial charge in [0, 0.05) is 22.9 Å². The van der Waals surface area contributed by atoms with Crippen molar-refractivity contribution >= 4 is 29.0 Å². The molecular formula is C30H34N4O2S. The van der Waals surface area contributed by atoms with Gasteiger partial charge in [-0.3, -0.25) is 9.59 Å². The average Bonchev–Trinajstić information content (AvgIpc) is 3.53. The Morgan fingerprint density at radius 2 is 1.73 bits per heavy atom. The molecule has 0 aliphatic carbocycles. The van der Waals surface area contributed by atoms with Crippen molar-refractivity contribution in [3.05, 3.63) is 99.9 Å². The number of amides is 2. The van der Waals surface area contributed by atoms with Gasteiger partial charge in [-0.2, -0.15) is 5.10 Å². The fourth-order valence-electron chi connectivity index (χ4n) is 4.05. The SMILES string of the molecule is Cc1ccccc1-n1nc(C(C)(C)C)cc1NC(=O)CN(CCc1ccccc1)C(=O)Cc1cccs1. The number of rotatable bonds is 9. The minimum atomic E-state index is -0.247. The Balaban J connectivity index is 1.55. The second-order valence-electron chi connectivity index (χ2n) is 10.2. The maximum absolute atomic E-state index is 13.3. The minimum Gasteiger partial charge on any atom is -0.333 e. The first-order chi connectivity index (χ1) is 17.7. The summed E-state index contributed by atoms with van der Waals surface area (Å²) in [6.07, 6.45) is 0.967. The van der Waals surface area contributed by atoms with Crippen molar-refractivity contribution < 1.29 is 9.59 Å². The maximum atomic E-state index is 13.3. The topological polar surface area (TPSA) is 67.2 Å². The number of carbonyl (C=O) groups is 2. The molecule has 0 aliphatic rings.